The largest absolute Gasteiger partial charge is 0.483 e. The minimum Gasteiger partial charge on any atom is -0.483 e. The first-order valence-electron chi connectivity index (χ1n) is 11.3. The molecule has 0 aromatic heterocycles. The van der Waals surface area contributed by atoms with E-state index in [9.17, 15) is 9.59 Å². The molecule has 0 aliphatic rings. The number of benzene rings is 2. The number of hydrogen-bond donors (Lipinski definition) is 1. The highest BCUT2D eigenvalue weighted by Gasteiger charge is 2.28. The van der Waals surface area contributed by atoms with Gasteiger partial charge in [0.05, 0.1) is 4.47 Å². The van der Waals surface area contributed by atoms with E-state index in [2.05, 4.69) is 42.0 Å². The molecule has 5 nitrogen and oxygen atoms in total. The number of amides is 2. The summed E-state index contributed by atoms with van der Waals surface area (Å²) in [5, 5.41) is 3.87. The van der Waals surface area contributed by atoms with Crippen molar-refractivity contribution in [2.75, 3.05) is 6.61 Å². The van der Waals surface area contributed by atoms with Gasteiger partial charge in [-0.15, -0.1) is 0 Å². The van der Waals surface area contributed by atoms with E-state index in [0.29, 0.717) is 21.4 Å². The van der Waals surface area contributed by atoms with Crippen LogP contribution in [0.3, 0.4) is 0 Å². The second-order valence-corrected chi connectivity index (χ2v) is 11.1. The zero-order valence-electron chi connectivity index (χ0n) is 20.5. The summed E-state index contributed by atoms with van der Waals surface area (Å²) in [5.41, 5.74) is 1.83. The fourth-order valence-corrected chi connectivity index (χ4v) is 4.15. The summed E-state index contributed by atoms with van der Waals surface area (Å²) in [7, 11) is 0. The molecule has 186 valence electrons. The Labute approximate surface area is 221 Å². The highest BCUT2D eigenvalue weighted by Crippen LogP contribution is 2.31. The van der Waals surface area contributed by atoms with Crippen LogP contribution in [0.4, 0.5) is 0 Å². The number of carbonyl (C=O) groups excluding carboxylic acids is 2. The zero-order valence-corrected chi connectivity index (χ0v) is 23.6. The number of ether oxygens (including phenoxy) is 1. The molecule has 0 aliphatic carbocycles. The monoisotopic (exact) mass is 570 g/mol. The molecule has 0 aliphatic heterocycles. The molecule has 2 aromatic rings. The Balaban J connectivity index is 2.23. The highest BCUT2D eigenvalue weighted by molar-refractivity contribution is 9.10. The van der Waals surface area contributed by atoms with E-state index in [1.807, 2.05) is 32.0 Å². The van der Waals surface area contributed by atoms with Crippen molar-refractivity contribution in [3.63, 3.8) is 0 Å². The minimum atomic E-state index is -0.719. The number of rotatable bonds is 9. The number of halogens is 3. The van der Waals surface area contributed by atoms with E-state index in [4.69, 9.17) is 27.9 Å². The third-order valence-electron chi connectivity index (χ3n) is 5.67. The quantitative estimate of drug-likeness (QED) is 0.361. The van der Waals surface area contributed by atoms with Crippen LogP contribution in [0.5, 0.6) is 5.75 Å². The van der Waals surface area contributed by atoms with E-state index in [0.717, 1.165) is 16.5 Å². The van der Waals surface area contributed by atoms with Crippen molar-refractivity contribution in [2.24, 2.45) is 0 Å². The van der Waals surface area contributed by atoms with Gasteiger partial charge in [-0.3, -0.25) is 9.59 Å². The maximum Gasteiger partial charge on any atom is 0.261 e. The molecule has 0 radical (unpaired) electrons. The lowest BCUT2D eigenvalue weighted by Crippen LogP contribution is -2.50. The van der Waals surface area contributed by atoms with Gasteiger partial charge >= 0.3 is 0 Å². The van der Waals surface area contributed by atoms with Gasteiger partial charge in [0.15, 0.2) is 6.61 Å². The molecular weight excluding hydrogens is 539 g/mol. The van der Waals surface area contributed by atoms with Gasteiger partial charge in [-0.25, -0.2) is 0 Å². The summed E-state index contributed by atoms with van der Waals surface area (Å²) >= 11 is 15.9. The molecule has 2 amide bonds. The molecule has 0 saturated heterocycles. The second kappa shape index (κ2) is 12.3. The van der Waals surface area contributed by atoms with E-state index in [-0.39, 0.29) is 36.4 Å². The van der Waals surface area contributed by atoms with Crippen molar-refractivity contribution in [3.05, 3.63) is 62.0 Å². The molecular formula is C26H33BrCl2N2O3. The summed E-state index contributed by atoms with van der Waals surface area (Å²) in [6.45, 7) is 11.9. The molecule has 0 saturated carbocycles. The molecule has 2 unspecified atom stereocenters. The molecule has 2 aromatic carbocycles. The lowest BCUT2D eigenvalue weighted by atomic mass is 9.87. The van der Waals surface area contributed by atoms with Gasteiger partial charge in [-0.2, -0.15) is 0 Å². The normalized spacial score (nSPS) is 13.2. The van der Waals surface area contributed by atoms with Crippen LogP contribution in [0, 0.1) is 0 Å². The molecule has 2 rings (SSSR count). The lowest BCUT2D eigenvalue weighted by molar-refractivity contribution is -0.142. The second-order valence-electron chi connectivity index (χ2n) is 9.44. The van der Waals surface area contributed by atoms with Crippen molar-refractivity contribution in [1.82, 2.24) is 10.2 Å². The Kier molecular flexibility index (Phi) is 10.3. The molecule has 34 heavy (non-hydrogen) atoms. The van der Waals surface area contributed by atoms with Crippen molar-refractivity contribution in [1.29, 1.82) is 0 Å². The van der Waals surface area contributed by atoms with Gasteiger partial charge in [0.2, 0.25) is 5.91 Å². The van der Waals surface area contributed by atoms with Gasteiger partial charge < -0.3 is 15.0 Å². The Morgan fingerprint density at radius 3 is 2.35 bits per heavy atom. The van der Waals surface area contributed by atoms with Crippen LogP contribution in [0.15, 0.2) is 40.9 Å². The zero-order chi connectivity index (χ0) is 25.6. The van der Waals surface area contributed by atoms with Crippen molar-refractivity contribution in [3.8, 4) is 5.75 Å². The summed E-state index contributed by atoms with van der Waals surface area (Å²) in [6.07, 6.45) is 0.789. The van der Waals surface area contributed by atoms with Gasteiger partial charge in [0.25, 0.3) is 5.91 Å². The Bertz CT molecular complexity index is 1020. The smallest absolute Gasteiger partial charge is 0.261 e. The SMILES string of the molecule is CCC(C)NC(=O)C(C)N(Cc1ccc(Cl)cc1Cl)C(=O)COc1ccc(C(C)(C)C)cc1Br. The lowest BCUT2D eigenvalue weighted by Gasteiger charge is -2.30. The summed E-state index contributed by atoms with van der Waals surface area (Å²) < 4.78 is 6.61. The van der Waals surface area contributed by atoms with Gasteiger partial charge in [0, 0.05) is 22.6 Å². The Morgan fingerprint density at radius 2 is 1.79 bits per heavy atom. The Hall–Kier alpha value is -1.76. The van der Waals surface area contributed by atoms with E-state index < -0.39 is 6.04 Å². The molecule has 1 N–H and O–H groups in total. The fourth-order valence-electron chi connectivity index (χ4n) is 3.19. The van der Waals surface area contributed by atoms with Crippen molar-refractivity contribution in [2.45, 2.75) is 72.0 Å². The van der Waals surface area contributed by atoms with Crippen molar-refractivity contribution >= 4 is 50.9 Å². The van der Waals surface area contributed by atoms with Crippen LogP contribution in [-0.4, -0.2) is 35.4 Å². The molecule has 8 heteroatoms. The maximum atomic E-state index is 13.3. The number of nitrogens with zero attached hydrogens (tertiary/aromatic N) is 1. The minimum absolute atomic E-state index is 0.000409. The van der Waals surface area contributed by atoms with Crippen LogP contribution in [0.25, 0.3) is 0 Å². The number of nitrogens with one attached hydrogen (secondary N) is 1. The van der Waals surface area contributed by atoms with Crippen LogP contribution in [0.1, 0.15) is 59.1 Å². The molecule has 0 spiro atoms. The van der Waals surface area contributed by atoms with Crippen LogP contribution in [-0.2, 0) is 21.5 Å². The first-order chi connectivity index (χ1) is 15.8. The molecule has 0 heterocycles. The average Bonchev–Trinajstić information content (AvgIpc) is 2.76. The first-order valence-corrected chi connectivity index (χ1v) is 12.8. The number of carbonyl (C=O) groups is 2. The summed E-state index contributed by atoms with van der Waals surface area (Å²) in [6, 6.07) is 10.2. The van der Waals surface area contributed by atoms with Crippen LogP contribution in [0.2, 0.25) is 10.0 Å². The predicted octanol–water partition coefficient (Wildman–Crippen LogP) is 6.76. The van der Waals surface area contributed by atoms with Crippen LogP contribution >= 0.6 is 39.1 Å². The molecule has 0 bridgehead atoms. The fraction of sp³-hybridized carbons (Fsp3) is 0.462. The van der Waals surface area contributed by atoms with Gasteiger partial charge in [-0.05, 0) is 77.0 Å². The molecule has 0 fully saturated rings. The topological polar surface area (TPSA) is 58.6 Å². The summed E-state index contributed by atoms with van der Waals surface area (Å²) in [5.74, 6) is -0.00403. The molecule has 2 atom stereocenters. The average molecular weight is 572 g/mol. The van der Waals surface area contributed by atoms with Gasteiger partial charge in [-0.1, -0.05) is 63.0 Å². The van der Waals surface area contributed by atoms with Crippen molar-refractivity contribution < 1.29 is 14.3 Å². The Morgan fingerprint density at radius 1 is 1.12 bits per heavy atom. The predicted molar refractivity (Wildman–Crippen MR) is 143 cm³/mol. The highest BCUT2D eigenvalue weighted by atomic mass is 79.9. The number of hydrogen-bond acceptors (Lipinski definition) is 3. The van der Waals surface area contributed by atoms with E-state index in [1.165, 1.54) is 4.90 Å². The van der Waals surface area contributed by atoms with E-state index in [1.54, 1.807) is 25.1 Å². The summed E-state index contributed by atoms with van der Waals surface area (Å²) in [4.78, 5) is 27.6. The van der Waals surface area contributed by atoms with Gasteiger partial charge in [0.1, 0.15) is 11.8 Å². The first kappa shape index (κ1) is 28.5. The third-order valence-corrected chi connectivity index (χ3v) is 6.88. The standard InChI is InChI=1S/C26H33BrCl2N2O3/c1-7-16(2)30-25(33)17(3)31(14-18-8-10-20(28)13-22(18)29)24(32)15-34-23-11-9-19(12-21(23)27)26(4,5)6/h8-13,16-17H,7,14-15H2,1-6H3,(H,30,33). The van der Waals surface area contributed by atoms with E-state index >= 15 is 0 Å². The third kappa shape index (κ3) is 7.89. The maximum absolute atomic E-state index is 13.3. The van der Waals surface area contributed by atoms with Crippen LogP contribution < -0.4 is 10.1 Å².